The van der Waals surface area contributed by atoms with Gasteiger partial charge in [-0.15, -0.1) is 0 Å². The summed E-state index contributed by atoms with van der Waals surface area (Å²) in [5.74, 6) is -0.665. The first-order valence-electron chi connectivity index (χ1n) is 10.1. The number of hydrogen-bond acceptors (Lipinski definition) is 6. The summed E-state index contributed by atoms with van der Waals surface area (Å²) in [4.78, 5) is 13.7. The molecule has 2 unspecified atom stereocenters. The Balaban J connectivity index is 1.86. The molecule has 6 nitrogen and oxygen atoms in total. The van der Waals surface area contributed by atoms with Crippen LogP contribution in [0.25, 0.3) is 0 Å². The Kier molecular flexibility index (Phi) is 5.86. The molecule has 0 fully saturated rings. The largest absolute Gasteiger partial charge is 0.377 e. The molecule has 0 aromatic heterocycles. The first-order valence-corrected chi connectivity index (χ1v) is 12.0. The van der Waals surface area contributed by atoms with Crippen LogP contribution in [0.1, 0.15) is 47.7 Å². The molecule has 0 amide bonds. The van der Waals surface area contributed by atoms with Crippen molar-refractivity contribution in [2.45, 2.75) is 38.1 Å². The van der Waals surface area contributed by atoms with E-state index in [0.717, 1.165) is 11.1 Å². The van der Waals surface area contributed by atoms with E-state index in [0.29, 0.717) is 23.4 Å². The van der Waals surface area contributed by atoms with E-state index in [-0.39, 0.29) is 24.4 Å². The van der Waals surface area contributed by atoms with Crippen LogP contribution in [0.15, 0.2) is 53.6 Å². The van der Waals surface area contributed by atoms with Gasteiger partial charge in [0.15, 0.2) is 11.2 Å². The van der Waals surface area contributed by atoms with Crippen LogP contribution in [0.3, 0.4) is 0 Å². The van der Waals surface area contributed by atoms with Crippen molar-refractivity contribution in [1.82, 2.24) is 5.43 Å². The molecule has 1 aliphatic heterocycles. The highest BCUT2D eigenvalue weighted by Gasteiger charge is 2.58. The smallest absolute Gasteiger partial charge is 0.305 e. The van der Waals surface area contributed by atoms with Gasteiger partial charge in [-0.1, -0.05) is 48.0 Å². The van der Waals surface area contributed by atoms with Crippen molar-refractivity contribution in [1.29, 1.82) is 0 Å². The zero-order valence-electron chi connectivity index (χ0n) is 16.9. The molecular formula is C22H24ClN2O4P. The minimum atomic E-state index is -3.70. The minimum absolute atomic E-state index is 0.0670. The molecule has 1 spiro atoms. The Morgan fingerprint density at radius 2 is 1.80 bits per heavy atom. The Morgan fingerprint density at radius 1 is 1.13 bits per heavy atom. The first-order chi connectivity index (χ1) is 14.4. The second kappa shape index (κ2) is 8.27. The molecule has 0 radical (unpaired) electrons. The molecule has 2 aliphatic rings. The summed E-state index contributed by atoms with van der Waals surface area (Å²) in [7, 11) is -3.70. The molecule has 158 valence electrons. The summed E-state index contributed by atoms with van der Waals surface area (Å²) in [6, 6.07) is 14.8. The van der Waals surface area contributed by atoms with Gasteiger partial charge >= 0.3 is 7.60 Å². The highest BCUT2D eigenvalue weighted by molar-refractivity contribution is 7.72. The number of Topliss-reactive ketones (excluding diaryl/α,β-unsaturated/α-hetero) is 1. The van der Waals surface area contributed by atoms with Gasteiger partial charge in [-0.2, -0.15) is 5.10 Å². The van der Waals surface area contributed by atoms with E-state index in [1.54, 1.807) is 26.0 Å². The lowest BCUT2D eigenvalue weighted by Gasteiger charge is -2.38. The second-order valence-corrected chi connectivity index (χ2v) is 9.76. The average molecular weight is 447 g/mol. The summed E-state index contributed by atoms with van der Waals surface area (Å²) in [6.45, 7) is 3.91. The third kappa shape index (κ3) is 3.42. The van der Waals surface area contributed by atoms with E-state index in [9.17, 15) is 9.36 Å². The second-order valence-electron chi connectivity index (χ2n) is 7.36. The first kappa shape index (κ1) is 21.3. The van der Waals surface area contributed by atoms with Gasteiger partial charge in [0.25, 0.3) is 0 Å². The average Bonchev–Trinajstić information content (AvgIpc) is 3.13. The molecule has 2 aromatic rings. The van der Waals surface area contributed by atoms with Crippen molar-refractivity contribution in [3.63, 3.8) is 0 Å². The lowest BCUT2D eigenvalue weighted by Crippen LogP contribution is -2.54. The van der Waals surface area contributed by atoms with Crippen LogP contribution < -0.4 is 5.43 Å². The highest BCUT2D eigenvalue weighted by Crippen LogP contribution is 2.58. The normalized spacial score (nSPS) is 23.2. The number of ketones is 1. The zero-order chi connectivity index (χ0) is 21.4. The summed E-state index contributed by atoms with van der Waals surface area (Å²) in [5, 5.41) is 5.00. The van der Waals surface area contributed by atoms with Crippen LogP contribution in [0, 0.1) is 0 Å². The van der Waals surface area contributed by atoms with Crippen molar-refractivity contribution < 1.29 is 18.4 Å². The van der Waals surface area contributed by atoms with Gasteiger partial charge in [0.05, 0.1) is 19.1 Å². The van der Waals surface area contributed by atoms with Crippen LogP contribution in [0.2, 0.25) is 5.02 Å². The minimum Gasteiger partial charge on any atom is -0.305 e. The number of carbonyl (C=O) groups excluding carboxylic acids is 1. The number of fused-ring (bicyclic) bond motifs is 1. The van der Waals surface area contributed by atoms with Gasteiger partial charge in [-0.05, 0) is 49.9 Å². The Labute approximate surface area is 181 Å². The van der Waals surface area contributed by atoms with E-state index >= 15 is 0 Å². The number of carbonyl (C=O) groups is 1. The Bertz CT molecular complexity index is 1030. The third-order valence-corrected chi connectivity index (χ3v) is 8.03. The zero-order valence-corrected chi connectivity index (χ0v) is 18.6. The molecule has 30 heavy (non-hydrogen) atoms. The van der Waals surface area contributed by atoms with Gasteiger partial charge in [-0.3, -0.25) is 14.8 Å². The number of hydrazone groups is 1. The standard InChI is InChI=1S/C22H24ClN2O4P/c1-3-28-30(27,29-4-2)21-19(16-9-11-17(23)12-10-16)22(25-24-21)14-13-15-7-5-6-8-18(15)20(22)26/h5-12,19,25H,3-4,13-14H2,1-2H3. The molecule has 1 N–H and O–H groups in total. The predicted molar refractivity (Wildman–Crippen MR) is 117 cm³/mol. The van der Waals surface area contributed by atoms with Gasteiger partial charge in [0, 0.05) is 10.6 Å². The molecule has 0 saturated heterocycles. The summed E-state index contributed by atoms with van der Waals surface area (Å²) in [5.41, 5.74) is 4.71. The van der Waals surface area contributed by atoms with E-state index < -0.39 is 19.1 Å². The lowest BCUT2D eigenvalue weighted by molar-refractivity contribution is 0.0826. The number of benzene rings is 2. The Hall–Kier alpha value is -1.98. The van der Waals surface area contributed by atoms with Crippen LogP contribution in [0.5, 0.6) is 0 Å². The van der Waals surface area contributed by atoms with Crippen molar-refractivity contribution in [3.05, 3.63) is 70.2 Å². The molecule has 2 aromatic carbocycles. The molecule has 1 heterocycles. The molecule has 8 heteroatoms. The molecule has 1 aliphatic carbocycles. The fourth-order valence-electron chi connectivity index (χ4n) is 4.35. The highest BCUT2D eigenvalue weighted by atomic mass is 35.5. The quantitative estimate of drug-likeness (QED) is 0.619. The number of rotatable bonds is 6. The van der Waals surface area contributed by atoms with Crippen LogP contribution in [0.4, 0.5) is 0 Å². The maximum Gasteiger partial charge on any atom is 0.377 e. The van der Waals surface area contributed by atoms with E-state index in [1.807, 2.05) is 36.4 Å². The Morgan fingerprint density at radius 3 is 2.47 bits per heavy atom. The van der Waals surface area contributed by atoms with Crippen LogP contribution >= 0.6 is 19.2 Å². The monoisotopic (exact) mass is 446 g/mol. The molecular weight excluding hydrogens is 423 g/mol. The fraction of sp³-hybridized carbons (Fsp3) is 0.364. The number of aryl methyl sites for hydroxylation is 1. The predicted octanol–water partition coefficient (Wildman–Crippen LogP) is 5.17. The van der Waals surface area contributed by atoms with E-state index in [2.05, 4.69) is 10.5 Å². The summed E-state index contributed by atoms with van der Waals surface area (Å²) < 4.78 is 24.9. The topological polar surface area (TPSA) is 77.0 Å². The van der Waals surface area contributed by atoms with Gasteiger partial charge in [0.2, 0.25) is 0 Å². The van der Waals surface area contributed by atoms with Crippen molar-refractivity contribution in [2.75, 3.05) is 13.2 Å². The number of nitrogens with zero attached hydrogens (tertiary/aromatic N) is 1. The van der Waals surface area contributed by atoms with Gasteiger partial charge in [-0.25, -0.2) is 0 Å². The van der Waals surface area contributed by atoms with E-state index in [1.165, 1.54) is 0 Å². The van der Waals surface area contributed by atoms with Crippen LogP contribution in [-0.2, 0) is 20.0 Å². The number of halogens is 1. The molecule has 2 atom stereocenters. The van der Waals surface area contributed by atoms with Crippen molar-refractivity contribution >= 4 is 30.4 Å². The van der Waals surface area contributed by atoms with E-state index in [4.69, 9.17) is 20.6 Å². The lowest BCUT2D eigenvalue weighted by atomic mass is 9.69. The van der Waals surface area contributed by atoms with Gasteiger partial charge < -0.3 is 9.05 Å². The summed E-state index contributed by atoms with van der Waals surface area (Å²) >= 11 is 6.10. The molecule has 0 saturated carbocycles. The maximum atomic E-state index is 13.7. The fourth-order valence-corrected chi connectivity index (χ4v) is 6.35. The number of hydrogen-bond donors (Lipinski definition) is 1. The van der Waals surface area contributed by atoms with Crippen molar-refractivity contribution in [2.24, 2.45) is 5.10 Å². The maximum absolute atomic E-state index is 13.7. The SMILES string of the molecule is CCOP(=O)(OCC)C1=NNC2(CCc3ccccc3C2=O)C1c1ccc(Cl)cc1. The molecule has 4 rings (SSSR count). The summed E-state index contributed by atoms with van der Waals surface area (Å²) in [6.07, 6.45) is 1.22. The number of nitrogens with one attached hydrogen (secondary N) is 1. The van der Waals surface area contributed by atoms with Crippen LogP contribution in [-0.4, -0.2) is 30.0 Å². The third-order valence-electron chi connectivity index (χ3n) is 5.66. The molecule has 0 bridgehead atoms. The van der Waals surface area contributed by atoms with Crippen molar-refractivity contribution in [3.8, 4) is 0 Å². The van der Waals surface area contributed by atoms with Gasteiger partial charge in [0.1, 0.15) is 5.54 Å².